The lowest BCUT2D eigenvalue weighted by molar-refractivity contribution is -0.152. The van der Waals surface area contributed by atoms with E-state index >= 15 is 0 Å². The summed E-state index contributed by atoms with van der Waals surface area (Å²) in [6, 6.07) is 0. The van der Waals surface area contributed by atoms with Crippen molar-refractivity contribution in [3.8, 4) is 0 Å². The Balaban J connectivity index is 2.74. The zero-order chi connectivity index (χ0) is 18.7. The van der Waals surface area contributed by atoms with Crippen molar-refractivity contribution in [3.05, 3.63) is 0 Å². The Morgan fingerprint density at radius 1 is 1.29 bits per heavy atom. The molecule has 136 valence electrons. The van der Waals surface area contributed by atoms with E-state index < -0.39 is 64.3 Å². The van der Waals surface area contributed by atoms with Crippen molar-refractivity contribution >= 4 is 39.9 Å². The third kappa shape index (κ3) is 6.89. The van der Waals surface area contributed by atoms with E-state index in [1.165, 1.54) is 0 Å². The predicted octanol–water partition coefficient (Wildman–Crippen LogP) is 2.92. The third-order valence-corrected chi connectivity index (χ3v) is 5.25. The molecule has 1 rings (SSSR count). The minimum absolute atomic E-state index is 0.0414. The molecule has 2 unspecified atom stereocenters. The first-order valence-corrected chi connectivity index (χ1v) is 10.5. The first-order chi connectivity index (χ1) is 10.8. The highest BCUT2D eigenvalue weighted by Crippen LogP contribution is 2.50. The maximum atomic E-state index is 12.6. The molecule has 0 saturated carbocycles. The first-order valence-electron chi connectivity index (χ1n) is 7.14. The number of imide groups is 1. The molecule has 1 saturated heterocycles. The molecule has 2 amide bonds. The Kier molecular flexibility index (Phi) is 6.99. The van der Waals surface area contributed by atoms with Gasteiger partial charge in [-0.1, -0.05) is 6.92 Å². The van der Waals surface area contributed by atoms with Crippen LogP contribution in [0.3, 0.4) is 0 Å². The van der Waals surface area contributed by atoms with Crippen molar-refractivity contribution in [1.29, 1.82) is 0 Å². The van der Waals surface area contributed by atoms with Gasteiger partial charge in [-0.15, -0.1) is 0 Å². The molecule has 6 nitrogen and oxygen atoms in total. The lowest BCUT2D eigenvalue weighted by Gasteiger charge is -2.32. The highest BCUT2D eigenvalue weighted by molar-refractivity contribution is 7.87. The molecule has 0 aliphatic carbocycles. The van der Waals surface area contributed by atoms with Gasteiger partial charge in [0.15, 0.2) is 0 Å². The van der Waals surface area contributed by atoms with E-state index in [9.17, 15) is 40.3 Å². The number of nitrogens with zero attached hydrogens (tertiary/aromatic N) is 1. The summed E-state index contributed by atoms with van der Waals surface area (Å²) in [5.41, 5.74) is -1.05. The molecule has 0 aromatic carbocycles. The number of hydrogen-bond donors (Lipinski definition) is 0. The van der Waals surface area contributed by atoms with Crippen molar-refractivity contribution in [3.63, 3.8) is 0 Å². The van der Waals surface area contributed by atoms with Crippen LogP contribution in [0.25, 0.3) is 0 Å². The van der Waals surface area contributed by atoms with Crippen LogP contribution in [0, 0.1) is 11.8 Å². The fourth-order valence-corrected chi connectivity index (χ4v) is 3.90. The van der Waals surface area contributed by atoms with E-state index in [0.717, 1.165) is 6.92 Å². The van der Waals surface area contributed by atoms with Gasteiger partial charge >= 0.3 is 22.4 Å². The maximum Gasteiger partial charge on any atom is 0.403 e. The number of piperidine rings is 1. The zero-order valence-corrected chi connectivity index (χ0v) is 14.6. The lowest BCUT2D eigenvalue weighted by Crippen LogP contribution is -2.48. The van der Waals surface area contributed by atoms with Crippen LogP contribution in [-0.2, 0) is 23.5 Å². The van der Waals surface area contributed by atoms with Gasteiger partial charge in [0.2, 0.25) is 11.8 Å². The number of carbonyl (C=O) groups excluding carboxylic acids is 3. The molecule has 0 aromatic heterocycles. The van der Waals surface area contributed by atoms with Crippen molar-refractivity contribution in [2.45, 2.75) is 26.2 Å². The van der Waals surface area contributed by atoms with Gasteiger partial charge in [-0.25, -0.2) is 0 Å². The number of halogens is 4. The Bertz CT molecular complexity index is 622. The summed E-state index contributed by atoms with van der Waals surface area (Å²) in [6.07, 6.45) is -1.28. The van der Waals surface area contributed by atoms with E-state index in [-0.39, 0.29) is 19.4 Å². The molecule has 13 heteroatoms. The SMILES string of the molecule is CC(CP(=O)(F)F)C(=O)N1CCCC(CC(=O)BP(=O)(F)F)C1=O. The minimum atomic E-state index is -5.54. The van der Waals surface area contributed by atoms with Crippen molar-refractivity contribution in [1.82, 2.24) is 4.90 Å². The molecule has 1 aliphatic rings. The van der Waals surface area contributed by atoms with Crippen molar-refractivity contribution in [2.24, 2.45) is 11.8 Å². The summed E-state index contributed by atoms with van der Waals surface area (Å²) >= 11 is 0. The van der Waals surface area contributed by atoms with Crippen LogP contribution < -0.4 is 0 Å². The predicted molar refractivity (Wildman–Crippen MR) is 79.9 cm³/mol. The molecule has 0 aromatic rings. The van der Waals surface area contributed by atoms with Crippen molar-refractivity contribution < 1.29 is 40.3 Å². The van der Waals surface area contributed by atoms with Gasteiger partial charge in [0.05, 0.1) is 6.16 Å². The fourth-order valence-electron chi connectivity index (χ4n) is 2.57. The van der Waals surface area contributed by atoms with Gasteiger partial charge in [-0.05, 0) is 12.8 Å². The summed E-state index contributed by atoms with van der Waals surface area (Å²) in [4.78, 5) is 36.4. The number of amides is 2. The Morgan fingerprint density at radius 2 is 1.88 bits per heavy atom. The second-order valence-corrected chi connectivity index (χ2v) is 8.75. The number of hydrogen-bond acceptors (Lipinski definition) is 5. The highest BCUT2D eigenvalue weighted by atomic mass is 31.2. The average molecular weight is 391 g/mol. The van der Waals surface area contributed by atoms with Gasteiger partial charge in [0.1, 0.15) is 5.68 Å². The van der Waals surface area contributed by atoms with E-state index in [0.29, 0.717) is 4.90 Å². The van der Waals surface area contributed by atoms with Crippen LogP contribution >= 0.6 is 15.4 Å². The molecule has 24 heavy (non-hydrogen) atoms. The Hall–Kier alpha value is -0.945. The lowest BCUT2D eigenvalue weighted by atomic mass is 9.85. The van der Waals surface area contributed by atoms with Gasteiger partial charge < -0.3 is 4.79 Å². The van der Waals surface area contributed by atoms with Crippen LogP contribution in [-0.4, -0.2) is 42.1 Å². The molecule has 2 atom stereocenters. The molecule has 0 N–H and O–H groups in total. The molecule has 0 radical (unpaired) electrons. The second kappa shape index (κ2) is 7.96. The second-order valence-electron chi connectivity index (χ2n) is 5.79. The Labute approximate surface area is 136 Å². The fraction of sp³-hybridized carbons (Fsp3) is 0.727. The maximum absolute atomic E-state index is 12.6. The molecule has 1 fully saturated rings. The summed E-state index contributed by atoms with van der Waals surface area (Å²) in [5.74, 6) is -4.13. The summed E-state index contributed by atoms with van der Waals surface area (Å²) in [7, 11) is -11.0. The van der Waals surface area contributed by atoms with Crippen LogP contribution in [0.4, 0.5) is 16.8 Å². The monoisotopic (exact) mass is 391 g/mol. The first kappa shape index (κ1) is 21.1. The van der Waals surface area contributed by atoms with Crippen LogP contribution in [0.1, 0.15) is 26.2 Å². The van der Waals surface area contributed by atoms with Crippen molar-refractivity contribution in [2.75, 3.05) is 12.7 Å². The minimum Gasteiger partial charge on any atom is -0.311 e. The zero-order valence-electron chi connectivity index (χ0n) is 12.8. The average Bonchev–Trinajstić information content (AvgIpc) is 2.36. The van der Waals surface area contributed by atoms with Gasteiger partial charge in [0, 0.05) is 24.8 Å². The number of carbonyl (C=O) groups is 3. The molecule has 1 aliphatic heterocycles. The quantitative estimate of drug-likeness (QED) is 0.378. The van der Waals surface area contributed by atoms with Crippen LogP contribution in [0.2, 0.25) is 0 Å². The molecular weight excluding hydrogens is 375 g/mol. The largest absolute Gasteiger partial charge is 0.403 e. The number of likely N-dealkylation sites (tertiary alicyclic amines) is 1. The standard InChI is InChI=1S/C11H16BF4NO5P2/c1-7(6-23(13,14)21)10(19)17-4-2-3-8(11(17)20)5-9(18)12-24(15,16)22/h7-8,12H,2-6H2,1H3. The Morgan fingerprint density at radius 3 is 2.38 bits per heavy atom. The summed E-state index contributed by atoms with van der Waals surface area (Å²) < 4.78 is 70.7. The normalized spacial score (nSPS) is 20.6. The van der Waals surface area contributed by atoms with Gasteiger partial charge in [-0.2, -0.15) is 16.8 Å². The third-order valence-electron chi connectivity index (χ3n) is 3.56. The van der Waals surface area contributed by atoms with E-state index in [2.05, 4.69) is 0 Å². The van der Waals surface area contributed by atoms with E-state index in [4.69, 9.17) is 0 Å². The van der Waals surface area contributed by atoms with Crippen LogP contribution in [0.15, 0.2) is 0 Å². The topological polar surface area (TPSA) is 88.6 Å². The van der Waals surface area contributed by atoms with E-state index in [1.54, 1.807) is 0 Å². The summed E-state index contributed by atoms with van der Waals surface area (Å²) in [6.45, 7) is -0.368. The molecule has 0 bridgehead atoms. The molecule has 1 heterocycles. The highest BCUT2D eigenvalue weighted by Gasteiger charge is 2.38. The van der Waals surface area contributed by atoms with Gasteiger partial charge in [0.25, 0.3) is 0 Å². The van der Waals surface area contributed by atoms with Gasteiger partial charge in [-0.3, -0.25) is 23.6 Å². The number of rotatable bonds is 7. The molecular formula is C11H16BF4NO5P2. The molecule has 0 spiro atoms. The van der Waals surface area contributed by atoms with Crippen LogP contribution in [0.5, 0.6) is 0 Å². The van der Waals surface area contributed by atoms with E-state index in [1.807, 2.05) is 0 Å². The summed E-state index contributed by atoms with van der Waals surface area (Å²) in [5, 5.41) is 0. The smallest absolute Gasteiger partial charge is 0.311 e.